The molecule has 148 valence electrons. The Morgan fingerprint density at radius 1 is 1.07 bits per heavy atom. The zero-order valence-electron chi connectivity index (χ0n) is 15.1. The minimum absolute atomic E-state index is 0.124. The summed E-state index contributed by atoms with van der Waals surface area (Å²) in [6.07, 6.45) is 0. The van der Waals surface area contributed by atoms with Crippen molar-refractivity contribution in [3.63, 3.8) is 0 Å². The van der Waals surface area contributed by atoms with Crippen LogP contribution in [0.25, 0.3) is 11.3 Å². The zero-order valence-corrected chi connectivity index (χ0v) is 18.3. The summed E-state index contributed by atoms with van der Waals surface area (Å²) in [6.45, 7) is 1.69. The van der Waals surface area contributed by atoms with Gasteiger partial charge >= 0.3 is 0 Å². The van der Waals surface area contributed by atoms with Gasteiger partial charge in [-0.2, -0.15) is 0 Å². The SMILES string of the molecule is Cc1cc(NS(=O)(=O)c2ccc(Nc3nc(-c4ccc(Br)cc4)cs3)cc2)no1. The van der Waals surface area contributed by atoms with Crippen LogP contribution in [-0.2, 0) is 10.0 Å². The molecular weight excluding hydrogens is 476 g/mol. The second-order valence-corrected chi connectivity index (χ2v) is 9.58. The Hall–Kier alpha value is -2.69. The number of nitrogens with one attached hydrogen (secondary N) is 2. The van der Waals surface area contributed by atoms with Crippen LogP contribution in [0.15, 0.2) is 73.9 Å². The summed E-state index contributed by atoms with van der Waals surface area (Å²) in [7, 11) is -3.74. The molecule has 4 rings (SSSR count). The van der Waals surface area contributed by atoms with E-state index in [1.807, 2.05) is 29.6 Å². The number of benzene rings is 2. The fourth-order valence-electron chi connectivity index (χ4n) is 2.54. The number of hydrogen-bond acceptors (Lipinski definition) is 7. The Morgan fingerprint density at radius 2 is 1.79 bits per heavy atom. The molecule has 0 aliphatic rings. The molecular formula is C19H15BrN4O3S2. The van der Waals surface area contributed by atoms with E-state index in [-0.39, 0.29) is 10.7 Å². The average molecular weight is 491 g/mol. The number of hydrogen-bond donors (Lipinski definition) is 2. The quantitative estimate of drug-likeness (QED) is 0.374. The molecule has 0 saturated heterocycles. The highest BCUT2D eigenvalue weighted by Gasteiger charge is 2.16. The summed E-state index contributed by atoms with van der Waals surface area (Å²) in [5.41, 5.74) is 2.63. The summed E-state index contributed by atoms with van der Waals surface area (Å²) in [5, 5.41) is 9.52. The minimum atomic E-state index is -3.74. The van der Waals surface area contributed by atoms with E-state index in [1.54, 1.807) is 19.1 Å². The van der Waals surface area contributed by atoms with Gasteiger partial charge in [0.1, 0.15) is 5.76 Å². The number of thiazole rings is 1. The van der Waals surface area contributed by atoms with Crippen molar-refractivity contribution in [2.75, 3.05) is 10.0 Å². The largest absolute Gasteiger partial charge is 0.360 e. The predicted molar refractivity (Wildman–Crippen MR) is 117 cm³/mol. The zero-order chi connectivity index (χ0) is 20.4. The molecule has 4 aromatic rings. The van der Waals surface area contributed by atoms with Gasteiger partial charge in [-0.1, -0.05) is 33.2 Å². The summed E-state index contributed by atoms with van der Waals surface area (Å²) in [4.78, 5) is 4.70. The van der Waals surface area contributed by atoms with Gasteiger partial charge in [0.2, 0.25) is 0 Å². The molecule has 2 aromatic carbocycles. The third-order valence-corrected chi connectivity index (χ3v) is 6.58. The maximum absolute atomic E-state index is 12.4. The standard InChI is InChI=1S/C19H15BrN4O3S2/c1-12-10-18(23-27-12)24-29(25,26)16-8-6-15(7-9-16)21-19-22-17(11-28-19)13-2-4-14(20)5-3-13/h2-11H,1H3,(H,21,22)(H,23,24). The van der Waals surface area contributed by atoms with Crippen molar-refractivity contribution in [2.24, 2.45) is 0 Å². The van der Waals surface area contributed by atoms with Crippen LogP contribution in [-0.4, -0.2) is 18.6 Å². The highest BCUT2D eigenvalue weighted by atomic mass is 79.9. The van der Waals surface area contributed by atoms with Gasteiger partial charge in [0, 0.05) is 27.2 Å². The van der Waals surface area contributed by atoms with E-state index in [9.17, 15) is 8.42 Å². The van der Waals surface area contributed by atoms with Gasteiger partial charge in [-0.15, -0.1) is 11.3 Å². The molecule has 0 fully saturated rings. The number of anilines is 3. The number of halogens is 1. The Balaban J connectivity index is 1.46. The van der Waals surface area contributed by atoms with E-state index in [0.717, 1.165) is 26.5 Å². The molecule has 2 N–H and O–H groups in total. The summed E-state index contributed by atoms with van der Waals surface area (Å²) in [6, 6.07) is 15.8. The monoisotopic (exact) mass is 490 g/mol. The lowest BCUT2D eigenvalue weighted by atomic mass is 10.2. The van der Waals surface area contributed by atoms with Crippen LogP contribution in [0.3, 0.4) is 0 Å². The minimum Gasteiger partial charge on any atom is -0.360 e. The van der Waals surface area contributed by atoms with Crippen LogP contribution < -0.4 is 10.0 Å². The van der Waals surface area contributed by atoms with E-state index >= 15 is 0 Å². The van der Waals surface area contributed by atoms with E-state index in [2.05, 4.69) is 36.1 Å². The number of aromatic nitrogens is 2. The van der Waals surface area contributed by atoms with Gasteiger partial charge in [0.25, 0.3) is 10.0 Å². The molecule has 0 atom stereocenters. The molecule has 29 heavy (non-hydrogen) atoms. The summed E-state index contributed by atoms with van der Waals surface area (Å²) >= 11 is 4.90. The molecule has 7 nitrogen and oxygen atoms in total. The van der Waals surface area contributed by atoms with E-state index in [1.165, 1.54) is 29.5 Å². The molecule has 0 unspecified atom stereocenters. The first-order valence-corrected chi connectivity index (χ1v) is 11.6. The molecule has 0 bridgehead atoms. The molecule has 10 heteroatoms. The van der Waals surface area contributed by atoms with E-state index in [0.29, 0.717) is 5.76 Å². The molecule has 0 saturated carbocycles. The predicted octanol–water partition coefficient (Wildman–Crippen LogP) is 5.41. The lowest BCUT2D eigenvalue weighted by Gasteiger charge is -2.07. The first kappa shape index (κ1) is 19.6. The van der Waals surface area contributed by atoms with Crippen molar-refractivity contribution in [1.82, 2.24) is 10.1 Å². The molecule has 0 aliphatic carbocycles. The van der Waals surface area contributed by atoms with Crippen LogP contribution in [0.4, 0.5) is 16.6 Å². The van der Waals surface area contributed by atoms with Gasteiger partial charge in [-0.25, -0.2) is 13.4 Å². The molecule has 2 aromatic heterocycles. The molecule has 0 aliphatic heterocycles. The van der Waals surface area contributed by atoms with Crippen LogP contribution in [0.2, 0.25) is 0 Å². The van der Waals surface area contributed by atoms with Crippen molar-refractivity contribution in [3.8, 4) is 11.3 Å². The molecule has 0 radical (unpaired) electrons. The Morgan fingerprint density at radius 3 is 2.45 bits per heavy atom. The highest BCUT2D eigenvalue weighted by molar-refractivity contribution is 9.10. The first-order chi connectivity index (χ1) is 13.9. The van der Waals surface area contributed by atoms with E-state index < -0.39 is 10.0 Å². The van der Waals surface area contributed by atoms with Crippen LogP contribution in [0.5, 0.6) is 0 Å². The van der Waals surface area contributed by atoms with Crippen molar-refractivity contribution in [2.45, 2.75) is 11.8 Å². The second kappa shape index (κ2) is 7.97. The normalized spacial score (nSPS) is 11.4. The molecule has 2 heterocycles. The Bertz CT molecular complexity index is 1230. The lowest BCUT2D eigenvalue weighted by Crippen LogP contribution is -2.13. The maximum Gasteiger partial charge on any atom is 0.263 e. The second-order valence-electron chi connectivity index (χ2n) is 6.12. The van der Waals surface area contributed by atoms with E-state index in [4.69, 9.17) is 4.52 Å². The smallest absolute Gasteiger partial charge is 0.263 e. The summed E-state index contributed by atoms with van der Waals surface area (Å²) in [5.74, 6) is 0.668. The van der Waals surface area contributed by atoms with Gasteiger partial charge in [0.15, 0.2) is 10.9 Å². The van der Waals surface area contributed by atoms with Gasteiger partial charge in [-0.3, -0.25) is 4.72 Å². The van der Waals surface area contributed by atoms with Crippen LogP contribution in [0, 0.1) is 6.92 Å². The van der Waals surface area contributed by atoms with Gasteiger partial charge < -0.3 is 9.84 Å². The van der Waals surface area contributed by atoms with Crippen molar-refractivity contribution < 1.29 is 12.9 Å². The van der Waals surface area contributed by atoms with Crippen LogP contribution in [0.1, 0.15) is 5.76 Å². The third kappa shape index (κ3) is 4.66. The first-order valence-electron chi connectivity index (χ1n) is 8.44. The Labute approximate surface area is 180 Å². The van der Waals surface area contributed by atoms with Crippen molar-refractivity contribution in [1.29, 1.82) is 0 Å². The highest BCUT2D eigenvalue weighted by Crippen LogP contribution is 2.28. The van der Waals surface area contributed by atoms with Crippen molar-refractivity contribution in [3.05, 3.63) is 70.2 Å². The number of sulfonamides is 1. The summed E-state index contributed by atoms with van der Waals surface area (Å²) < 4.78 is 33.1. The fraction of sp³-hybridized carbons (Fsp3) is 0.0526. The molecule has 0 spiro atoms. The number of nitrogens with zero attached hydrogens (tertiary/aromatic N) is 2. The number of aryl methyl sites for hydroxylation is 1. The van der Waals surface area contributed by atoms with Crippen molar-refractivity contribution >= 4 is 53.9 Å². The van der Waals surface area contributed by atoms with Gasteiger partial charge in [0.05, 0.1) is 10.6 Å². The fourth-order valence-corrected chi connectivity index (χ4v) is 4.52. The third-order valence-electron chi connectivity index (χ3n) is 3.93. The number of rotatable bonds is 6. The Kier molecular flexibility index (Phi) is 5.39. The van der Waals surface area contributed by atoms with Gasteiger partial charge in [-0.05, 0) is 43.3 Å². The topological polar surface area (TPSA) is 97.1 Å². The molecule has 0 amide bonds. The average Bonchev–Trinajstić information content (AvgIpc) is 3.31. The lowest BCUT2D eigenvalue weighted by molar-refractivity contribution is 0.400. The maximum atomic E-state index is 12.4. The van der Waals surface area contributed by atoms with Crippen LogP contribution >= 0.6 is 27.3 Å².